The van der Waals surface area contributed by atoms with Crippen molar-refractivity contribution in [3.63, 3.8) is 0 Å². The summed E-state index contributed by atoms with van der Waals surface area (Å²) in [6.07, 6.45) is 1.56. The van der Waals surface area contributed by atoms with E-state index in [0.29, 0.717) is 18.9 Å². The molecule has 0 spiro atoms. The lowest BCUT2D eigenvalue weighted by Gasteiger charge is -2.30. The smallest absolute Gasteiger partial charge is 0.269 e. The molecule has 1 saturated heterocycles. The number of piperidine rings is 1. The highest BCUT2D eigenvalue weighted by atomic mass is 16.6. The van der Waals surface area contributed by atoms with E-state index in [1.807, 2.05) is 4.90 Å². The zero-order valence-electron chi connectivity index (χ0n) is 10.3. The van der Waals surface area contributed by atoms with Gasteiger partial charge in [-0.15, -0.1) is 0 Å². The minimum Gasteiger partial charge on any atom is -0.338 e. The highest BCUT2D eigenvalue weighted by molar-refractivity contribution is 5.76. The van der Waals surface area contributed by atoms with Crippen molar-refractivity contribution in [2.45, 2.75) is 26.3 Å². The van der Waals surface area contributed by atoms with Gasteiger partial charge in [-0.2, -0.15) is 0 Å². The van der Waals surface area contributed by atoms with E-state index < -0.39 is 4.92 Å². The van der Waals surface area contributed by atoms with E-state index in [1.54, 1.807) is 12.1 Å². The number of carbonyl (C=O) groups excluding carboxylic acids is 1. The molecule has 1 aliphatic heterocycles. The van der Waals surface area contributed by atoms with E-state index in [2.05, 4.69) is 6.92 Å². The van der Waals surface area contributed by atoms with E-state index >= 15 is 0 Å². The number of benzene rings is 1. The van der Waals surface area contributed by atoms with Crippen LogP contribution in [0.5, 0.6) is 0 Å². The van der Waals surface area contributed by atoms with Crippen LogP contribution in [0.1, 0.15) is 25.3 Å². The molecular weight excluding hydrogens is 232 g/mol. The minimum atomic E-state index is -0.419. The van der Waals surface area contributed by atoms with Crippen LogP contribution in [0.15, 0.2) is 24.3 Å². The Kier molecular flexibility index (Phi) is 3.60. The van der Waals surface area contributed by atoms with Crippen LogP contribution in [-0.2, 0) is 11.3 Å². The van der Waals surface area contributed by atoms with Gasteiger partial charge in [0.25, 0.3) is 5.69 Å². The van der Waals surface area contributed by atoms with E-state index in [-0.39, 0.29) is 11.6 Å². The van der Waals surface area contributed by atoms with Gasteiger partial charge in [0.05, 0.1) is 4.92 Å². The number of nitrogens with zero attached hydrogens (tertiary/aromatic N) is 2. The van der Waals surface area contributed by atoms with Crippen LogP contribution < -0.4 is 0 Å². The predicted octanol–water partition coefficient (Wildman–Crippen LogP) is 2.35. The molecule has 0 N–H and O–H groups in total. The fourth-order valence-corrected chi connectivity index (χ4v) is 2.19. The van der Waals surface area contributed by atoms with Gasteiger partial charge in [-0.1, -0.05) is 19.1 Å². The monoisotopic (exact) mass is 248 g/mol. The van der Waals surface area contributed by atoms with Crippen LogP contribution in [0.2, 0.25) is 0 Å². The standard InChI is InChI=1S/C13H16N2O3/c1-10-2-7-13(16)14(8-10)9-11-3-5-12(6-4-11)15(17)18/h3-6,10H,2,7-9H2,1H3. The maximum Gasteiger partial charge on any atom is 0.269 e. The molecule has 96 valence electrons. The number of rotatable bonds is 3. The molecule has 1 fully saturated rings. The largest absolute Gasteiger partial charge is 0.338 e. The molecule has 0 aliphatic carbocycles. The van der Waals surface area contributed by atoms with E-state index in [4.69, 9.17) is 0 Å². The number of nitro benzene ring substituents is 1. The van der Waals surface area contributed by atoms with Gasteiger partial charge in [0.1, 0.15) is 0 Å². The second-order valence-corrected chi connectivity index (χ2v) is 4.84. The van der Waals surface area contributed by atoms with Gasteiger partial charge >= 0.3 is 0 Å². The van der Waals surface area contributed by atoms with Gasteiger partial charge in [-0.05, 0) is 17.9 Å². The van der Waals surface area contributed by atoms with Gasteiger partial charge in [-0.25, -0.2) is 0 Å². The number of hydrogen-bond donors (Lipinski definition) is 0. The molecule has 0 radical (unpaired) electrons. The number of nitro groups is 1. The highest BCUT2D eigenvalue weighted by Gasteiger charge is 2.22. The second kappa shape index (κ2) is 5.16. The van der Waals surface area contributed by atoms with E-state index in [1.165, 1.54) is 12.1 Å². The molecule has 0 aromatic heterocycles. The number of hydrogen-bond acceptors (Lipinski definition) is 3. The Morgan fingerprint density at radius 2 is 2.06 bits per heavy atom. The van der Waals surface area contributed by atoms with Gasteiger partial charge in [-0.3, -0.25) is 14.9 Å². The van der Waals surface area contributed by atoms with Crippen LogP contribution in [-0.4, -0.2) is 22.3 Å². The molecule has 1 amide bonds. The molecule has 1 aromatic rings. The van der Waals surface area contributed by atoms with Gasteiger partial charge in [0, 0.05) is 31.6 Å². The Balaban J connectivity index is 2.04. The first-order chi connectivity index (χ1) is 8.56. The Morgan fingerprint density at radius 1 is 1.39 bits per heavy atom. The lowest BCUT2D eigenvalue weighted by atomic mass is 9.99. The average molecular weight is 248 g/mol. The van der Waals surface area contributed by atoms with Crippen molar-refractivity contribution in [1.29, 1.82) is 0 Å². The van der Waals surface area contributed by atoms with Gasteiger partial charge < -0.3 is 4.90 Å². The summed E-state index contributed by atoms with van der Waals surface area (Å²) in [6, 6.07) is 6.38. The van der Waals surface area contributed by atoms with Gasteiger partial charge in [0.2, 0.25) is 5.91 Å². The van der Waals surface area contributed by atoms with Crippen molar-refractivity contribution in [3.05, 3.63) is 39.9 Å². The number of amides is 1. The lowest BCUT2D eigenvalue weighted by Crippen LogP contribution is -2.38. The lowest BCUT2D eigenvalue weighted by molar-refractivity contribution is -0.384. The van der Waals surface area contributed by atoms with E-state index in [0.717, 1.165) is 18.5 Å². The third-order valence-electron chi connectivity index (χ3n) is 3.26. The molecule has 1 aromatic carbocycles. The van der Waals surface area contributed by atoms with E-state index in [9.17, 15) is 14.9 Å². The van der Waals surface area contributed by atoms with Crippen LogP contribution >= 0.6 is 0 Å². The summed E-state index contributed by atoms with van der Waals surface area (Å²) in [5.41, 5.74) is 1.01. The van der Waals surface area contributed by atoms with Gasteiger partial charge in [0.15, 0.2) is 0 Å². The maximum absolute atomic E-state index is 11.7. The molecule has 1 heterocycles. The fourth-order valence-electron chi connectivity index (χ4n) is 2.19. The minimum absolute atomic E-state index is 0.0806. The summed E-state index contributed by atoms with van der Waals surface area (Å²) in [7, 11) is 0. The summed E-state index contributed by atoms with van der Waals surface area (Å²) in [5.74, 6) is 0.701. The molecule has 0 bridgehead atoms. The normalized spacial score (nSPS) is 19.9. The topological polar surface area (TPSA) is 63.5 Å². The molecule has 2 rings (SSSR count). The van der Waals surface area contributed by atoms with Crippen LogP contribution in [0, 0.1) is 16.0 Å². The quantitative estimate of drug-likeness (QED) is 0.609. The molecule has 5 nitrogen and oxygen atoms in total. The SMILES string of the molecule is CC1CCC(=O)N(Cc2ccc([N+](=O)[O-])cc2)C1. The molecule has 18 heavy (non-hydrogen) atoms. The highest BCUT2D eigenvalue weighted by Crippen LogP contribution is 2.20. The third kappa shape index (κ3) is 2.85. The Labute approximate surface area is 106 Å². The molecule has 1 aliphatic rings. The first kappa shape index (κ1) is 12.5. The first-order valence-corrected chi connectivity index (χ1v) is 6.07. The van der Waals surface area contributed by atoms with Crippen molar-refractivity contribution in [2.24, 2.45) is 5.92 Å². The predicted molar refractivity (Wildman–Crippen MR) is 66.9 cm³/mol. The summed E-state index contributed by atoms with van der Waals surface area (Å²) < 4.78 is 0. The Bertz CT molecular complexity index is 456. The van der Waals surface area contributed by atoms with Crippen molar-refractivity contribution in [2.75, 3.05) is 6.54 Å². The maximum atomic E-state index is 11.7. The zero-order chi connectivity index (χ0) is 13.1. The number of likely N-dealkylation sites (tertiary alicyclic amines) is 1. The summed E-state index contributed by atoms with van der Waals surface area (Å²) >= 11 is 0. The summed E-state index contributed by atoms with van der Waals surface area (Å²) in [5, 5.41) is 10.5. The molecule has 5 heteroatoms. The Hall–Kier alpha value is -1.91. The Morgan fingerprint density at radius 3 is 2.67 bits per heavy atom. The second-order valence-electron chi connectivity index (χ2n) is 4.84. The van der Waals surface area contributed by atoms with Crippen molar-refractivity contribution in [1.82, 2.24) is 4.90 Å². The average Bonchev–Trinajstić information content (AvgIpc) is 2.34. The van der Waals surface area contributed by atoms with Crippen molar-refractivity contribution < 1.29 is 9.72 Å². The van der Waals surface area contributed by atoms with Crippen LogP contribution in [0.3, 0.4) is 0 Å². The molecule has 1 unspecified atom stereocenters. The van der Waals surface area contributed by atoms with Crippen LogP contribution in [0.25, 0.3) is 0 Å². The third-order valence-corrected chi connectivity index (χ3v) is 3.26. The molecule has 1 atom stereocenters. The van der Waals surface area contributed by atoms with Crippen LogP contribution in [0.4, 0.5) is 5.69 Å². The summed E-state index contributed by atoms with van der Waals surface area (Å²) in [6.45, 7) is 3.45. The fraction of sp³-hybridized carbons (Fsp3) is 0.462. The summed E-state index contributed by atoms with van der Waals surface area (Å²) in [4.78, 5) is 23.7. The number of non-ortho nitro benzene ring substituents is 1. The first-order valence-electron chi connectivity index (χ1n) is 6.07. The molecule has 0 saturated carbocycles. The number of carbonyl (C=O) groups is 1. The molecular formula is C13H16N2O3. The zero-order valence-corrected chi connectivity index (χ0v) is 10.3. The van der Waals surface area contributed by atoms with Crippen molar-refractivity contribution in [3.8, 4) is 0 Å². The van der Waals surface area contributed by atoms with Crippen molar-refractivity contribution >= 4 is 11.6 Å².